The number of anilines is 1. The van der Waals surface area contributed by atoms with Crippen LogP contribution in [-0.2, 0) is 11.8 Å². The summed E-state index contributed by atoms with van der Waals surface area (Å²) in [5.74, 6) is 0.878. The third-order valence-electron chi connectivity index (χ3n) is 2.95. The van der Waals surface area contributed by atoms with Crippen molar-refractivity contribution in [1.29, 1.82) is 0 Å². The van der Waals surface area contributed by atoms with E-state index in [0.29, 0.717) is 5.13 Å². The predicted molar refractivity (Wildman–Crippen MR) is 81.0 cm³/mol. The molecule has 0 atom stereocenters. The second-order valence-electron chi connectivity index (χ2n) is 5.60. The van der Waals surface area contributed by atoms with Gasteiger partial charge in [-0.05, 0) is 17.7 Å². The maximum atomic E-state index is 5.86. The molecule has 1 heterocycles. The Morgan fingerprint density at radius 1 is 1.21 bits per heavy atom. The first-order valence-corrected chi connectivity index (χ1v) is 7.10. The molecule has 3 nitrogen and oxygen atoms in total. The number of hydrogen-bond donors (Lipinski definition) is 1. The van der Waals surface area contributed by atoms with Crippen molar-refractivity contribution >= 4 is 16.5 Å². The number of nitrogen functional groups attached to an aromatic ring is 1. The molecule has 2 aromatic rings. The Labute approximate surface area is 118 Å². The van der Waals surface area contributed by atoms with Gasteiger partial charge in [-0.15, -0.1) is 11.3 Å². The smallest absolute Gasteiger partial charge is 0.180 e. The van der Waals surface area contributed by atoms with Crippen LogP contribution in [0.15, 0.2) is 24.3 Å². The first-order chi connectivity index (χ1) is 8.90. The lowest BCUT2D eigenvalue weighted by Crippen LogP contribution is -2.14. The maximum absolute atomic E-state index is 5.86. The van der Waals surface area contributed by atoms with E-state index in [9.17, 15) is 0 Å². The van der Waals surface area contributed by atoms with Crippen molar-refractivity contribution in [3.05, 3.63) is 40.4 Å². The second kappa shape index (κ2) is 5.21. The normalized spacial score (nSPS) is 11.6. The number of nitrogens with zero attached hydrogens (tertiary/aromatic N) is 1. The Morgan fingerprint density at radius 3 is 2.37 bits per heavy atom. The molecular formula is C15H20N2OS. The van der Waals surface area contributed by atoms with Crippen molar-refractivity contribution < 1.29 is 4.74 Å². The van der Waals surface area contributed by atoms with Gasteiger partial charge in [0.05, 0.1) is 12.8 Å². The third-order valence-corrected chi connectivity index (χ3v) is 3.83. The van der Waals surface area contributed by atoms with E-state index in [1.165, 1.54) is 10.4 Å². The van der Waals surface area contributed by atoms with Crippen LogP contribution in [-0.4, -0.2) is 12.1 Å². The van der Waals surface area contributed by atoms with Crippen LogP contribution in [0.2, 0.25) is 0 Å². The lowest BCUT2D eigenvalue weighted by molar-refractivity contribution is 0.414. The van der Waals surface area contributed by atoms with E-state index < -0.39 is 0 Å². The summed E-state index contributed by atoms with van der Waals surface area (Å²) in [5, 5.41) is 0.647. The van der Waals surface area contributed by atoms with E-state index in [-0.39, 0.29) is 5.41 Å². The van der Waals surface area contributed by atoms with E-state index >= 15 is 0 Å². The van der Waals surface area contributed by atoms with Gasteiger partial charge in [-0.1, -0.05) is 32.9 Å². The van der Waals surface area contributed by atoms with E-state index in [1.807, 2.05) is 12.1 Å². The molecular weight excluding hydrogens is 256 g/mol. The Morgan fingerprint density at radius 2 is 1.84 bits per heavy atom. The van der Waals surface area contributed by atoms with Crippen molar-refractivity contribution in [2.75, 3.05) is 12.8 Å². The van der Waals surface area contributed by atoms with Crippen molar-refractivity contribution in [2.24, 2.45) is 0 Å². The first-order valence-electron chi connectivity index (χ1n) is 6.28. The van der Waals surface area contributed by atoms with Gasteiger partial charge in [-0.3, -0.25) is 0 Å². The fourth-order valence-corrected chi connectivity index (χ4v) is 3.08. The number of benzene rings is 1. The average Bonchev–Trinajstić information content (AvgIpc) is 2.71. The number of ether oxygens (including phenoxy) is 1. The summed E-state index contributed by atoms with van der Waals surface area (Å²) in [6.07, 6.45) is 0.867. The highest BCUT2D eigenvalue weighted by Crippen LogP contribution is 2.32. The Balaban J connectivity index is 2.27. The van der Waals surface area contributed by atoms with Crippen LogP contribution < -0.4 is 10.5 Å². The summed E-state index contributed by atoms with van der Waals surface area (Å²) in [6.45, 7) is 6.50. The fraction of sp³-hybridized carbons (Fsp3) is 0.400. The zero-order chi connectivity index (χ0) is 14.0. The molecule has 0 saturated heterocycles. The maximum Gasteiger partial charge on any atom is 0.180 e. The lowest BCUT2D eigenvalue weighted by atomic mass is 9.90. The van der Waals surface area contributed by atoms with Crippen LogP contribution in [0.5, 0.6) is 5.75 Å². The highest BCUT2D eigenvalue weighted by Gasteiger charge is 2.22. The largest absolute Gasteiger partial charge is 0.497 e. The van der Waals surface area contributed by atoms with Gasteiger partial charge in [-0.25, -0.2) is 4.98 Å². The van der Waals surface area contributed by atoms with Crippen LogP contribution in [0.3, 0.4) is 0 Å². The van der Waals surface area contributed by atoms with Gasteiger partial charge in [-0.2, -0.15) is 0 Å². The van der Waals surface area contributed by atoms with E-state index in [1.54, 1.807) is 18.4 Å². The first kappa shape index (κ1) is 13.9. The molecule has 4 heteroatoms. The SMILES string of the molecule is COc1ccc(Cc2sc(N)nc2C(C)(C)C)cc1. The molecule has 0 saturated carbocycles. The molecule has 2 N–H and O–H groups in total. The Bertz CT molecular complexity index is 553. The van der Waals surface area contributed by atoms with Crippen molar-refractivity contribution in [3.63, 3.8) is 0 Å². The van der Waals surface area contributed by atoms with Crippen molar-refractivity contribution in [1.82, 2.24) is 4.98 Å². The fourth-order valence-electron chi connectivity index (χ4n) is 2.00. The standard InChI is InChI=1S/C15H20N2OS/c1-15(2,3)13-12(19-14(16)17-13)9-10-5-7-11(18-4)8-6-10/h5-8H,9H2,1-4H3,(H2,16,17). The molecule has 0 unspecified atom stereocenters. The zero-order valence-corrected chi connectivity index (χ0v) is 12.7. The summed E-state index contributed by atoms with van der Waals surface area (Å²) in [5.41, 5.74) is 8.23. The van der Waals surface area contributed by atoms with E-state index in [2.05, 4.69) is 37.9 Å². The predicted octanol–water partition coefficient (Wildman–Crippen LogP) is 3.62. The minimum Gasteiger partial charge on any atom is -0.497 e. The van der Waals surface area contributed by atoms with Crippen LogP contribution in [0.1, 0.15) is 36.9 Å². The minimum absolute atomic E-state index is 0.0237. The van der Waals surface area contributed by atoms with Crippen LogP contribution in [0.4, 0.5) is 5.13 Å². The molecule has 102 valence electrons. The van der Waals surface area contributed by atoms with Gasteiger partial charge in [0, 0.05) is 16.7 Å². The molecule has 0 aliphatic carbocycles. The molecule has 2 rings (SSSR count). The van der Waals surface area contributed by atoms with Crippen molar-refractivity contribution in [2.45, 2.75) is 32.6 Å². The highest BCUT2D eigenvalue weighted by molar-refractivity contribution is 7.15. The zero-order valence-electron chi connectivity index (χ0n) is 11.9. The number of hydrogen-bond acceptors (Lipinski definition) is 4. The summed E-state index contributed by atoms with van der Waals surface area (Å²) >= 11 is 1.58. The number of rotatable bonds is 3. The third kappa shape index (κ3) is 3.26. The average molecular weight is 276 g/mol. The van der Waals surface area contributed by atoms with Crippen LogP contribution in [0.25, 0.3) is 0 Å². The molecule has 0 radical (unpaired) electrons. The molecule has 0 aliphatic heterocycles. The number of aromatic nitrogens is 1. The molecule has 0 aliphatic rings. The summed E-state index contributed by atoms with van der Waals surface area (Å²) < 4.78 is 5.17. The topological polar surface area (TPSA) is 48.1 Å². The summed E-state index contributed by atoms with van der Waals surface area (Å²) in [4.78, 5) is 5.73. The van der Waals surface area contributed by atoms with Gasteiger partial charge in [0.2, 0.25) is 0 Å². The van der Waals surface area contributed by atoms with Crippen molar-refractivity contribution in [3.8, 4) is 5.75 Å². The molecule has 1 aromatic heterocycles. The number of thiazole rings is 1. The Kier molecular flexibility index (Phi) is 3.80. The van der Waals surface area contributed by atoms with E-state index in [4.69, 9.17) is 10.5 Å². The molecule has 0 spiro atoms. The lowest BCUT2D eigenvalue weighted by Gasteiger charge is -2.17. The highest BCUT2D eigenvalue weighted by atomic mass is 32.1. The van der Waals surface area contributed by atoms with Gasteiger partial charge < -0.3 is 10.5 Å². The molecule has 19 heavy (non-hydrogen) atoms. The molecule has 1 aromatic carbocycles. The number of methoxy groups -OCH3 is 1. The van der Waals surface area contributed by atoms with Crippen LogP contribution >= 0.6 is 11.3 Å². The van der Waals surface area contributed by atoms with E-state index in [0.717, 1.165) is 17.9 Å². The van der Waals surface area contributed by atoms with Crippen LogP contribution in [0, 0.1) is 0 Å². The minimum atomic E-state index is 0.0237. The molecule has 0 bridgehead atoms. The quantitative estimate of drug-likeness (QED) is 0.931. The monoisotopic (exact) mass is 276 g/mol. The second-order valence-corrected chi connectivity index (χ2v) is 6.71. The summed E-state index contributed by atoms with van der Waals surface area (Å²) in [7, 11) is 1.68. The van der Waals surface area contributed by atoms with Gasteiger partial charge in [0.1, 0.15) is 5.75 Å². The molecule has 0 fully saturated rings. The summed E-state index contributed by atoms with van der Waals surface area (Å²) in [6, 6.07) is 8.13. The Hall–Kier alpha value is -1.55. The van der Waals surface area contributed by atoms with Gasteiger partial charge >= 0.3 is 0 Å². The molecule has 0 amide bonds. The van der Waals surface area contributed by atoms with Gasteiger partial charge in [0.15, 0.2) is 5.13 Å². The number of nitrogens with two attached hydrogens (primary N) is 1. The van der Waals surface area contributed by atoms with Gasteiger partial charge in [0.25, 0.3) is 0 Å².